The summed E-state index contributed by atoms with van der Waals surface area (Å²) in [7, 11) is 1.58. The van der Waals surface area contributed by atoms with Crippen molar-refractivity contribution in [2.75, 3.05) is 7.11 Å². The lowest BCUT2D eigenvalue weighted by Gasteiger charge is -2.05. The van der Waals surface area contributed by atoms with Crippen LogP contribution in [0.25, 0.3) is 11.2 Å². The van der Waals surface area contributed by atoms with Gasteiger partial charge in [-0.3, -0.25) is 0 Å². The number of fused-ring (bicyclic) bond motifs is 1. The molecule has 3 heterocycles. The van der Waals surface area contributed by atoms with E-state index in [4.69, 9.17) is 20.9 Å². The van der Waals surface area contributed by atoms with Crippen LogP contribution in [0.5, 0.6) is 5.88 Å². The van der Waals surface area contributed by atoms with Gasteiger partial charge in [-0.05, 0) is 13.0 Å². The second-order valence-corrected chi connectivity index (χ2v) is 4.76. The van der Waals surface area contributed by atoms with Crippen LogP contribution in [-0.2, 0) is 18.8 Å². The molecule has 0 saturated carbocycles. The van der Waals surface area contributed by atoms with Gasteiger partial charge in [0.15, 0.2) is 11.5 Å². The Balaban J connectivity index is 1.94. The zero-order valence-electron chi connectivity index (χ0n) is 11.7. The largest absolute Gasteiger partial charge is 0.481 e. The Hall–Kier alpha value is -2.15. The maximum atomic E-state index is 5.97. The van der Waals surface area contributed by atoms with Gasteiger partial charge in [0, 0.05) is 19.0 Å². The molecule has 3 rings (SSSR count). The predicted molar refractivity (Wildman–Crippen MR) is 76.4 cm³/mol. The number of imidazole rings is 1. The van der Waals surface area contributed by atoms with Crippen LogP contribution in [0.1, 0.15) is 17.5 Å². The van der Waals surface area contributed by atoms with Crippen LogP contribution < -0.4 is 4.74 Å². The molecule has 0 bridgehead atoms. The zero-order chi connectivity index (χ0) is 14.8. The van der Waals surface area contributed by atoms with E-state index in [2.05, 4.69) is 20.1 Å². The van der Waals surface area contributed by atoms with E-state index in [1.54, 1.807) is 20.1 Å². The fourth-order valence-electron chi connectivity index (χ4n) is 2.13. The summed E-state index contributed by atoms with van der Waals surface area (Å²) in [5.74, 6) is 2.80. The van der Waals surface area contributed by atoms with Gasteiger partial charge in [0.1, 0.15) is 11.3 Å². The zero-order valence-corrected chi connectivity index (χ0v) is 12.5. The van der Waals surface area contributed by atoms with E-state index in [-0.39, 0.29) is 0 Å². The van der Waals surface area contributed by atoms with E-state index < -0.39 is 0 Å². The monoisotopic (exact) mass is 307 g/mol. The molecule has 0 aliphatic carbocycles. The van der Waals surface area contributed by atoms with Gasteiger partial charge >= 0.3 is 0 Å². The molecule has 8 heteroatoms. The van der Waals surface area contributed by atoms with Crippen LogP contribution in [0.2, 0.25) is 0 Å². The Labute approximate surface area is 125 Å². The van der Waals surface area contributed by atoms with E-state index in [1.165, 1.54) is 0 Å². The summed E-state index contributed by atoms with van der Waals surface area (Å²) >= 11 is 5.97. The quantitative estimate of drug-likeness (QED) is 0.672. The van der Waals surface area contributed by atoms with Crippen LogP contribution >= 0.6 is 11.6 Å². The number of hydrogen-bond acceptors (Lipinski definition) is 6. The van der Waals surface area contributed by atoms with Crippen molar-refractivity contribution in [2.24, 2.45) is 0 Å². The first-order chi connectivity index (χ1) is 10.2. The molecule has 0 aliphatic rings. The maximum Gasteiger partial charge on any atom is 0.228 e. The summed E-state index contributed by atoms with van der Waals surface area (Å²) in [4.78, 5) is 13.1. The summed E-state index contributed by atoms with van der Waals surface area (Å²) in [5, 5.41) is 3.78. The van der Waals surface area contributed by atoms with E-state index in [1.807, 2.05) is 10.6 Å². The van der Waals surface area contributed by atoms with Gasteiger partial charge in [-0.1, -0.05) is 5.16 Å². The molecule has 0 aliphatic heterocycles. The molecule has 0 saturated heterocycles. The van der Waals surface area contributed by atoms with Gasteiger partial charge in [0.05, 0.1) is 13.0 Å². The molecule has 0 N–H and O–H groups in total. The van der Waals surface area contributed by atoms with Crippen LogP contribution in [-0.4, -0.2) is 31.8 Å². The summed E-state index contributed by atoms with van der Waals surface area (Å²) < 4.78 is 12.2. The van der Waals surface area contributed by atoms with Crippen molar-refractivity contribution in [1.29, 1.82) is 0 Å². The highest BCUT2D eigenvalue weighted by Crippen LogP contribution is 2.19. The van der Waals surface area contributed by atoms with Crippen molar-refractivity contribution in [3.8, 4) is 5.88 Å². The van der Waals surface area contributed by atoms with Crippen molar-refractivity contribution in [2.45, 2.75) is 25.8 Å². The number of aromatic nitrogens is 5. The Bertz CT molecular complexity index is 767. The molecule has 21 heavy (non-hydrogen) atoms. The van der Waals surface area contributed by atoms with Gasteiger partial charge in [0.2, 0.25) is 11.8 Å². The summed E-state index contributed by atoms with van der Waals surface area (Å²) in [6, 6.07) is 3.64. The molecule has 0 atom stereocenters. The molecule has 3 aromatic rings. The molecule has 0 fully saturated rings. The van der Waals surface area contributed by atoms with E-state index in [0.717, 1.165) is 17.0 Å². The third-order valence-electron chi connectivity index (χ3n) is 3.09. The topological polar surface area (TPSA) is 78.9 Å². The summed E-state index contributed by atoms with van der Waals surface area (Å²) in [6.07, 6.45) is 0.592. The SMILES string of the molecule is COc1ccc2nc(CCl)n(CCc3nc(C)no3)c2n1. The minimum atomic E-state index is 0.307. The lowest BCUT2D eigenvalue weighted by Crippen LogP contribution is -2.06. The fourth-order valence-corrected chi connectivity index (χ4v) is 2.33. The van der Waals surface area contributed by atoms with Gasteiger partial charge in [-0.25, -0.2) is 4.98 Å². The molecule has 0 radical (unpaired) electrons. The molecule has 0 aromatic carbocycles. The fraction of sp³-hybridized carbons (Fsp3) is 0.385. The van der Waals surface area contributed by atoms with E-state index >= 15 is 0 Å². The Kier molecular flexibility index (Phi) is 3.74. The first-order valence-corrected chi connectivity index (χ1v) is 7.00. The number of halogens is 1. The number of alkyl halides is 1. The Morgan fingerprint density at radius 1 is 1.29 bits per heavy atom. The Morgan fingerprint density at radius 2 is 2.14 bits per heavy atom. The van der Waals surface area contributed by atoms with Crippen molar-refractivity contribution in [3.05, 3.63) is 29.7 Å². The van der Waals surface area contributed by atoms with Crippen LogP contribution in [0.4, 0.5) is 0 Å². The lowest BCUT2D eigenvalue weighted by atomic mass is 10.4. The predicted octanol–water partition coefficient (Wildman–Crippen LogP) is 2.11. The van der Waals surface area contributed by atoms with Crippen molar-refractivity contribution < 1.29 is 9.26 Å². The first-order valence-electron chi connectivity index (χ1n) is 6.46. The van der Waals surface area contributed by atoms with Gasteiger partial charge in [-0.2, -0.15) is 9.97 Å². The molecule has 110 valence electrons. The summed E-state index contributed by atoms with van der Waals surface area (Å²) in [5.41, 5.74) is 1.52. The number of rotatable bonds is 5. The van der Waals surface area contributed by atoms with Crippen LogP contribution in [0, 0.1) is 6.92 Å². The molecular formula is C13H14ClN5O2. The Morgan fingerprint density at radius 3 is 2.81 bits per heavy atom. The van der Waals surface area contributed by atoms with E-state index in [9.17, 15) is 0 Å². The number of aryl methyl sites for hydroxylation is 3. The second kappa shape index (κ2) is 5.69. The second-order valence-electron chi connectivity index (χ2n) is 4.49. The minimum Gasteiger partial charge on any atom is -0.481 e. The smallest absolute Gasteiger partial charge is 0.228 e. The van der Waals surface area contributed by atoms with E-state index in [0.29, 0.717) is 36.4 Å². The number of methoxy groups -OCH3 is 1. The number of pyridine rings is 1. The van der Waals surface area contributed by atoms with Crippen LogP contribution in [0.15, 0.2) is 16.7 Å². The standard InChI is InChI=1S/C13H14ClN5O2/c1-8-15-12(21-18-8)5-6-19-10(7-14)16-9-3-4-11(20-2)17-13(9)19/h3-4H,5-7H2,1-2H3. The average molecular weight is 308 g/mol. The van der Waals surface area contributed by atoms with Crippen molar-refractivity contribution in [3.63, 3.8) is 0 Å². The highest BCUT2D eigenvalue weighted by atomic mass is 35.5. The molecule has 0 spiro atoms. The number of ether oxygens (including phenoxy) is 1. The van der Waals surface area contributed by atoms with Crippen LogP contribution in [0.3, 0.4) is 0 Å². The van der Waals surface area contributed by atoms with Gasteiger partial charge in [0.25, 0.3) is 0 Å². The van der Waals surface area contributed by atoms with Gasteiger partial charge < -0.3 is 13.8 Å². The molecular weight excluding hydrogens is 294 g/mol. The molecule has 3 aromatic heterocycles. The van der Waals surface area contributed by atoms with Crippen molar-refractivity contribution >= 4 is 22.8 Å². The first kappa shape index (κ1) is 13.8. The highest BCUT2D eigenvalue weighted by molar-refractivity contribution is 6.16. The maximum absolute atomic E-state index is 5.97. The number of nitrogens with zero attached hydrogens (tertiary/aromatic N) is 5. The van der Waals surface area contributed by atoms with Gasteiger partial charge in [-0.15, -0.1) is 11.6 Å². The number of hydrogen-bond donors (Lipinski definition) is 0. The summed E-state index contributed by atoms with van der Waals surface area (Å²) in [6.45, 7) is 2.40. The minimum absolute atomic E-state index is 0.307. The molecule has 0 unspecified atom stereocenters. The highest BCUT2D eigenvalue weighted by Gasteiger charge is 2.13. The molecule has 0 amide bonds. The third kappa shape index (κ3) is 2.69. The van der Waals surface area contributed by atoms with Crippen molar-refractivity contribution in [1.82, 2.24) is 24.7 Å². The third-order valence-corrected chi connectivity index (χ3v) is 3.33. The lowest BCUT2D eigenvalue weighted by molar-refractivity contribution is 0.368. The average Bonchev–Trinajstić information content (AvgIpc) is 3.07. The molecule has 7 nitrogen and oxygen atoms in total. The normalized spacial score (nSPS) is 11.2.